The van der Waals surface area contributed by atoms with Crippen LogP contribution in [0.5, 0.6) is 11.5 Å². The molecule has 0 heterocycles. The van der Waals surface area contributed by atoms with Gasteiger partial charge in [-0.05, 0) is 36.5 Å². The van der Waals surface area contributed by atoms with E-state index in [9.17, 15) is 4.79 Å². The molecule has 0 radical (unpaired) electrons. The summed E-state index contributed by atoms with van der Waals surface area (Å²) in [5.74, 6) is 1.18. The van der Waals surface area contributed by atoms with Gasteiger partial charge in [-0.2, -0.15) is 0 Å². The number of halogens is 1. The van der Waals surface area contributed by atoms with Crippen molar-refractivity contribution in [3.8, 4) is 11.5 Å². The minimum absolute atomic E-state index is 0.199. The Morgan fingerprint density at radius 1 is 1.21 bits per heavy atom. The largest absolute Gasteiger partial charge is 0.493 e. The van der Waals surface area contributed by atoms with Crippen LogP contribution in [0.15, 0.2) is 16.6 Å². The molecule has 0 spiro atoms. The molecule has 1 fully saturated rings. The van der Waals surface area contributed by atoms with Crippen molar-refractivity contribution in [2.45, 2.75) is 18.8 Å². The zero-order valence-electron chi connectivity index (χ0n) is 11.2. The summed E-state index contributed by atoms with van der Waals surface area (Å²) < 4.78 is 16.3. The van der Waals surface area contributed by atoms with Crippen LogP contribution in [0.4, 0.5) is 0 Å². The molecule has 0 saturated heterocycles. The number of esters is 1. The lowest BCUT2D eigenvalue weighted by Crippen LogP contribution is -2.17. The van der Waals surface area contributed by atoms with Gasteiger partial charge in [0.1, 0.15) is 0 Å². The van der Waals surface area contributed by atoms with Crippen molar-refractivity contribution in [1.82, 2.24) is 0 Å². The number of carbonyl (C=O) groups excluding carboxylic acids is 1. The van der Waals surface area contributed by atoms with Gasteiger partial charge in [0.15, 0.2) is 11.5 Å². The van der Waals surface area contributed by atoms with Crippen LogP contribution in [0.2, 0.25) is 0 Å². The average Bonchev–Trinajstić information content (AvgIpc) is 3.24. The number of hydrogen-bond donors (Lipinski definition) is 0. The Kier molecular flexibility index (Phi) is 4.34. The highest BCUT2D eigenvalue weighted by Crippen LogP contribution is 2.47. The number of hydrogen-bond acceptors (Lipinski definition) is 4. The number of benzene rings is 1. The van der Waals surface area contributed by atoms with Crippen molar-refractivity contribution in [1.29, 1.82) is 0 Å². The average molecular weight is 329 g/mol. The molecule has 1 atom stereocenters. The monoisotopic (exact) mass is 328 g/mol. The Bertz CT molecular complexity index is 483. The summed E-state index contributed by atoms with van der Waals surface area (Å²) in [5, 5.41) is 0. The smallest absolute Gasteiger partial charge is 0.313 e. The summed E-state index contributed by atoms with van der Waals surface area (Å²) in [6.07, 6.45) is 2.11. The van der Waals surface area contributed by atoms with Crippen molar-refractivity contribution >= 4 is 21.9 Å². The Hall–Kier alpha value is -1.23. The Balaban J connectivity index is 2.44. The molecule has 104 valence electrons. The van der Waals surface area contributed by atoms with Crippen molar-refractivity contribution in [2.75, 3.05) is 21.3 Å². The van der Waals surface area contributed by atoms with Gasteiger partial charge < -0.3 is 14.2 Å². The fourth-order valence-corrected chi connectivity index (χ4v) is 2.81. The van der Waals surface area contributed by atoms with Crippen LogP contribution in [0.3, 0.4) is 0 Å². The first-order valence-corrected chi connectivity index (χ1v) is 6.91. The van der Waals surface area contributed by atoms with Crippen LogP contribution < -0.4 is 9.47 Å². The van der Waals surface area contributed by atoms with Gasteiger partial charge in [0.2, 0.25) is 0 Å². The fraction of sp³-hybridized carbons (Fsp3) is 0.500. The second-order valence-corrected chi connectivity index (χ2v) is 5.42. The molecule has 0 aliphatic heterocycles. The predicted molar refractivity (Wildman–Crippen MR) is 74.7 cm³/mol. The molecule has 0 amide bonds. The van der Waals surface area contributed by atoms with E-state index >= 15 is 0 Å². The lowest BCUT2D eigenvalue weighted by molar-refractivity contribution is -0.143. The third-order valence-corrected chi connectivity index (χ3v) is 4.07. The van der Waals surface area contributed by atoms with E-state index in [1.165, 1.54) is 7.11 Å². The lowest BCUT2D eigenvalue weighted by atomic mass is 9.94. The van der Waals surface area contributed by atoms with Crippen molar-refractivity contribution in [3.63, 3.8) is 0 Å². The van der Waals surface area contributed by atoms with Crippen molar-refractivity contribution in [2.24, 2.45) is 5.92 Å². The van der Waals surface area contributed by atoms with Gasteiger partial charge in [-0.25, -0.2) is 0 Å². The highest BCUT2D eigenvalue weighted by atomic mass is 79.9. The first-order chi connectivity index (χ1) is 9.12. The number of ether oxygens (including phenoxy) is 3. The normalized spacial score (nSPS) is 15.8. The van der Waals surface area contributed by atoms with Gasteiger partial charge in [-0.15, -0.1) is 0 Å². The van der Waals surface area contributed by atoms with E-state index in [-0.39, 0.29) is 11.9 Å². The molecule has 1 unspecified atom stereocenters. The summed E-state index contributed by atoms with van der Waals surface area (Å²) in [6, 6.07) is 3.68. The minimum atomic E-state index is -0.237. The van der Waals surface area contributed by atoms with Gasteiger partial charge in [0, 0.05) is 4.47 Å². The van der Waals surface area contributed by atoms with Gasteiger partial charge in [-0.1, -0.05) is 15.9 Å². The topological polar surface area (TPSA) is 44.8 Å². The molecule has 1 aromatic carbocycles. The number of rotatable bonds is 5. The number of methoxy groups -OCH3 is 3. The molecule has 1 aliphatic rings. The van der Waals surface area contributed by atoms with Crippen LogP contribution in [0.25, 0.3) is 0 Å². The van der Waals surface area contributed by atoms with Crippen LogP contribution in [-0.2, 0) is 9.53 Å². The molecule has 0 aromatic heterocycles. The van der Waals surface area contributed by atoms with Crippen LogP contribution >= 0.6 is 15.9 Å². The van der Waals surface area contributed by atoms with E-state index < -0.39 is 0 Å². The molecular weight excluding hydrogens is 312 g/mol. The van der Waals surface area contributed by atoms with Crippen LogP contribution in [-0.4, -0.2) is 27.3 Å². The van der Waals surface area contributed by atoms with E-state index in [1.807, 2.05) is 12.1 Å². The summed E-state index contributed by atoms with van der Waals surface area (Å²) in [6.45, 7) is 0. The highest BCUT2D eigenvalue weighted by Gasteiger charge is 2.39. The lowest BCUT2D eigenvalue weighted by Gasteiger charge is -2.18. The molecule has 0 N–H and O–H groups in total. The van der Waals surface area contributed by atoms with E-state index in [2.05, 4.69) is 15.9 Å². The van der Waals surface area contributed by atoms with Crippen molar-refractivity contribution < 1.29 is 19.0 Å². The molecule has 4 nitrogen and oxygen atoms in total. The van der Waals surface area contributed by atoms with E-state index in [0.717, 1.165) is 22.9 Å². The SMILES string of the molecule is COC(=O)C(c1cc(OC)c(OC)cc1Br)C1CC1. The molecular formula is C14H17BrO4. The maximum absolute atomic E-state index is 12.0. The van der Waals surface area contributed by atoms with Gasteiger partial charge in [0.25, 0.3) is 0 Å². The fourth-order valence-electron chi connectivity index (χ4n) is 2.24. The minimum Gasteiger partial charge on any atom is -0.493 e. The predicted octanol–water partition coefficient (Wildman–Crippen LogP) is 3.13. The highest BCUT2D eigenvalue weighted by molar-refractivity contribution is 9.10. The Morgan fingerprint density at radius 3 is 2.26 bits per heavy atom. The second-order valence-electron chi connectivity index (χ2n) is 4.57. The summed E-state index contributed by atoms with van der Waals surface area (Å²) in [5.41, 5.74) is 0.895. The summed E-state index contributed by atoms with van der Waals surface area (Å²) in [7, 11) is 4.59. The van der Waals surface area contributed by atoms with Gasteiger partial charge in [-0.3, -0.25) is 4.79 Å². The molecule has 1 saturated carbocycles. The zero-order valence-corrected chi connectivity index (χ0v) is 12.8. The molecule has 1 aliphatic carbocycles. The van der Waals surface area contributed by atoms with Gasteiger partial charge in [0.05, 0.1) is 27.2 Å². The molecule has 1 aromatic rings. The molecule has 19 heavy (non-hydrogen) atoms. The van der Waals surface area contributed by atoms with E-state index in [0.29, 0.717) is 17.4 Å². The van der Waals surface area contributed by atoms with Crippen LogP contribution in [0, 0.1) is 5.92 Å². The first kappa shape index (κ1) is 14.2. The maximum atomic E-state index is 12.0. The zero-order chi connectivity index (χ0) is 14.0. The second kappa shape index (κ2) is 5.82. The molecule has 2 rings (SSSR count). The number of carbonyl (C=O) groups is 1. The van der Waals surface area contributed by atoms with E-state index in [4.69, 9.17) is 14.2 Å². The van der Waals surface area contributed by atoms with E-state index in [1.54, 1.807) is 14.2 Å². The van der Waals surface area contributed by atoms with Crippen molar-refractivity contribution in [3.05, 3.63) is 22.2 Å². The molecule has 5 heteroatoms. The van der Waals surface area contributed by atoms with Gasteiger partial charge >= 0.3 is 5.97 Å². The Morgan fingerprint density at radius 2 is 1.79 bits per heavy atom. The molecule has 0 bridgehead atoms. The third kappa shape index (κ3) is 2.86. The van der Waals surface area contributed by atoms with Crippen LogP contribution in [0.1, 0.15) is 24.3 Å². The summed E-state index contributed by atoms with van der Waals surface area (Å²) in [4.78, 5) is 12.0. The third-order valence-electron chi connectivity index (χ3n) is 3.39. The summed E-state index contributed by atoms with van der Waals surface area (Å²) >= 11 is 3.50. The first-order valence-electron chi connectivity index (χ1n) is 6.11. The Labute approximate surface area is 121 Å². The standard InChI is InChI=1S/C14H17BrO4/c1-17-11-6-9(10(15)7-12(11)18-2)13(8-4-5-8)14(16)19-3/h6-8,13H,4-5H2,1-3H3. The quantitative estimate of drug-likeness (QED) is 0.779. The maximum Gasteiger partial charge on any atom is 0.313 e.